The van der Waals surface area contributed by atoms with E-state index in [4.69, 9.17) is 0 Å². The summed E-state index contributed by atoms with van der Waals surface area (Å²) in [5.74, 6) is -0.194. The summed E-state index contributed by atoms with van der Waals surface area (Å²) in [5, 5.41) is 0.811. The van der Waals surface area contributed by atoms with Gasteiger partial charge >= 0.3 is 0 Å². The fourth-order valence-electron chi connectivity index (χ4n) is 1.38. The lowest BCUT2D eigenvalue weighted by molar-refractivity contribution is 0.620. The van der Waals surface area contributed by atoms with Crippen molar-refractivity contribution in [2.45, 2.75) is 6.92 Å². The van der Waals surface area contributed by atoms with Gasteiger partial charge in [0.05, 0.1) is 5.52 Å². The fraction of sp³-hybridized carbons (Fsp3) is 0.0833. The molecule has 0 saturated carbocycles. The van der Waals surface area contributed by atoms with Gasteiger partial charge in [-0.2, -0.15) is 0 Å². The summed E-state index contributed by atoms with van der Waals surface area (Å²) < 4.78 is 13.2. The number of aryl methyl sites for hydroxylation is 1. The third-order valence-electron chi connectivity index (χ3n) is 2.22. The zero-order chi connectivity index (χ0) is 10.1. The summed E-state index contributed by atoms with van der Waals surface area (Å²) in [4.78, 5) is 4.22. The number of benzene rings is 1. The van der Waals surface area contributed by atoms with Crippen LogP contribution in [-0.4, -0.2) is 4.98 Å². The smallest absolute Gasteiger partial charge is 0.126 e. The zero-order valence-electron chi connectivity index (χ0n) is 7.92. The van der Waals surface area contributed by atoms with Gasteiger partial charge in [0.15, 0.2) is 0 Å². The van der Waals surface area contributed by atoms with Crippen molar-refractivity contribution in [3.63, 3.8) is 0 Å². The lowest BCUT2D eigenvalue weighted by atomic mass is 10.1. The molecule has 1 nitrogen and oxygen atoms in total. The third-order valence-corrected chi connectivity index (χ3v) is 2.22. The van der Waals surface area contributed by atoms with Gasteiger partial charge < -0.3 is 0 Å². The van der Waals surface area contributed by atoms with Gasteiger partial charge in [0, 0.05) is 11.6 Å². The molecule has 0 aliphatic rings. The quantitative estimate of drug-likeness (QED) is 0.667. The fourth-order valence-corrected chi connectivity index (χ4v) is 1.38. The van der Waals surface area contributed by atoms with E-state index in [0.29, 0.717) is 5.56 Å². The van der Waals surface area contributed by atoms with Gasteiger partial charge in [-0.15, -0.1) is 0 Å². The summed E-state index contributed by atoms with van der Waals surface area (Å²) in [7, 11) is 0. The van der Waals surface area contributed by atoms with Gasteiger partial charge in [-0.05, 0) is 36.2 Å². The Hall–Kier alpha value is -1.70. The Bertz CT molecular complexity index is 503. The first-order valence-electron chi connectivity index (χ1n) is 4.39. The van der Waals surface area contributed by atoms with E-state index in [1.807, 2.05) is 6.07 Å². The van der Waals surface area contributed by atoms with Gasteiger partial charge in [-0.1, -0.05) is 12.7 Å². The third kappa shape index (κ3) is 1.39. The molecule has 1 aromatic heterocycles. The molecule has 0 aliphatic carbocycles. The topological polar surface area (TPSA) is 12.9 Å². The molecule has 0 saturated heterocycles. The minimum Gasteiger partial charge on any atom is -0.256 e. The Balaban J connectivity index is 2.76. The highest BCUT2D eigenvalue weighted by Gasteiger charge is 2.01. The number of hydrogen-bond acceptors (Lipinski definition) is 1. The van der Waals surface area contributed by atoms with Crippen molar-refractivity contribution in [3.8, 4) is 0 Å². The van der Waals surface area contributed by atoms with E-state index in [1.165, 1.54) is 6.07 Å². The van der Waals surface area contributed by atoms with Crippen LogP contribution < -0.4 is 0 Å². The maximum atomic E-state index is 13.2. The summed E-state index contributed by atoms with van der Waals surface area (Å²) in [6, 6.07) is 5.13. The molecule has 0 fully saturated rings. The largest absolute Gasteiger partial charge is 0.256 e. The highest BCUT2D eigenvalue weighted by Crippen LogP contribution is 2.18. The van der Waals surface area contributed by atoms with Gasteiger partial charge in [-0.25, -0.2) is 4.39 Å². The maximum absolute atomic E-state index is 13.2. The van der Waals surface area contributed by atoms with Crippen LogP contribution in [0.2, 0.25) is 0 Å². The van der Waals surface area contributed by atoms with Crippen LogP contribution in [0.3, 0.4) is 0 Å². The predicted molar refractivity (Wildman–Crippen MR) is 56.5 cm³/mol. The van der Waals surface area contributed by atoms with Crippen LogP contribution in [0.25, 0.3) is 17.0 Å². The van der Waals surface area contributed by atoms with E-state index in [0.717, 1.165) is 16.5 Å². The molecule has 70 valence electrons. The number of halogens is 1. The molecular weight excluding hydrogens is 177 g/mol. The molecule has 0 unspecified atom stereocenters. The SMILES string of the molecule is C=Cc1cnc2cc(C)c(F)cc2c1. The first-order chi connectivity index (χ1) is 6.70. The van der Waals surface area contributed by atoms with Gasteiger partial charge in [-0.3, -0.25) is 4.98 Å². The van der Waals surface area contributed by atoms with E-state index in [2.05, 4.69) is 11.6 Å². The first-order valence-corrected chi connectivity index (χ1v) is 4.39. The van der Waals surface area contributed by atoms with Crippen LogP contribution in [0.1, 0.15) is 11.1 Å². The van der Waals surface area contributed by atoms with Crippen molar-refractivity contribution in [3.05, 3.63) is 47.9 Å². The van der Waals surface area contributed by atoms with Crippen LogP contribution in [0.4, 0.5) is 4.39 Å². The van der Waals surface area contributed by atoms with E-state index in [-0.39, 0.29) is 5.82 Å². The molecule has 2 heteroatoms. The molecule has 2 aromatic rings. The van der Waals surface area contributed by atoms with E-state index in [9.17, 15) is 4.39 Å². The Kier molecular flexibility index (Phi) is 2.04. The van der Waals surface area contributed by atoms with Crippen molar-refractivity contribution in [1.29, 1.82) is 0 Å². The van der Waals surface area contributed by atoms with E-state index >= 15 is 0 Å². The standard InChI is InChI=1S/C12H10FN/c1-3-9-5-10-6-11(13)8(2)4-12(10)14-7-9/h3-7H,1H2,2H3. The molecule has 0 spiro atoms. The minimum absolute atomic E-state index is 0.194. The molecule has 0 bridgehead atoms. The van der Waals surface area contributed by atoms with Crippen molar-refractivity contribution >= 4 is 17.0 Å². The number of rotatable bonds is 1. The average Bonchev–Trinajstić information content (AvgIpc) is 2.19. The monoisotopic (exact) mass is 187 g/mol. The first kappa shape index (κ1) is 8.88. The molecule has 0 atom stereocenters. The number of nitrogens with zero attached hydrogens (tertiary/aromatic N) is 1. The Morgan fingerprint density at radius 1 is 1.36 bits per heavy atom. The maximum Gasteiger partial charge on any atom is 0.126 e. The second-order valence-electron chi connectivity index (χ2n) is 3.27. The predicted octanol–water partition coefficient (Wildman–Crippen LogP) is 3.33. The average molecular weight is 187 g/mol. The highest BCUT2D eigenvalue weighted by atomic mass is 19.1. The Morgan fingerprint density at radius 3 is 2.86 bits per heavy atom. The van der Waals surface area contributed by atoms with Crippen molar-refractivity contribution < 1.29 is 4.39 Å². The highest BCUT2D eigenvalue weighted by molar-refractivity contribution is 5.81. The Morgan fingerprint density at radius 2 is 2.14 bits per heavy atom. The van der Waals surface area contributed by atoms with Gasteiger partial charge in [0.1, 0.15) is 5.82 Å². The number of hydrogen-bond donors (Lipinski definition) is 0. The molecular formula is C12H10FN. The zero-order valence-corrected chi connectivity index (χ0v) is 7.92. The van der Waals surface area contributed by atoms with Gasteiger partial charge in [0.2, 0.25) is 0 Å². The molecule has 0 radical (unpaired) electrons. The van der Waals surface area contributed by atoms with Crippen LogP contribution in [-0.2, 0) is 0 Å². The van der Waals surface area contributed by atoms with Crippen LogP contribution >= 0.6 is 0 Å². The van der Waals surface area contributed by atoms with Crippen LogP contribution in [0.5, 0.6) is 0 Å². The number of aromatic nitrogens is 1. The molecule has 1 heterocycles. The summed E-state index contributed by atoms with van der Waals surface area (Å²) in [6.45, 7) is 5.38. The second-order valence-corrected chi connectivity index (χ2v) is 3.27. The summed E-state index contributed by atoms with van der Waals surface area (Å²) in [5.41, 5.74) is 2.34. The number of pyridine rings is 1. The normalized spacial score (nSPS) is 10.4. The minimum atomic E-state index is -0.194. The molecule has 1 aromatic carbocycles. The van der Waals surface area contributed by atoms with E-state index < -0.39 is 0 Å². The van der Waals surface area contributed by atoms with E-state index in [1.54, 1.807) is 25.3 Å². The lowest BCUT2D eigenvalue weighted by Gasteiger charge is -2.01. The summed E-state index contributed by atoms with van der Waals surface area (Å²) >= 11 is 0. The molecule has 0 aliphatic heterocycles. The van der Waals surface area contributed by atoms with Crippen LogP contribution in [0.15, 0.2) is 31.0 Å². The molecule has 2 rings (SSSR count). The Labute approximate surface area is 81.9 Å². The van der Waals surface area contributed by atoms with Gasteiger partial charge in [0.25, 0.3) is 0 Å². The van der Waals surface area contributed by atoms with Crippen molar-refractivity contribution in [1.82, 2.24) is 4.98 Å². The molecule has 14 heavy (non-hydrogen) atoms. The second kappa shape index (κ2) is 3.22. The number of fused-ring (bicyclic) bond motifs is 1. The molecule has 0 amide bonds. The summed E-state index contributed by atoms with van der Waals surface area (Å²) in [6.07, 6.45) is 3.43. The molecule has 0 N–H and O–H groups in total. The van der Waals surface area contributed by atoms with Crippen molar-refractivity contribution in [2.75, 3.05) is 0 Å². The lowest BCUT2D eigenvalue weighted by Crippen LogP contribution is -1.86. The van der Waals surface area contributed by atoms with Crippen molar-refractivity contribution in [2.24, 2.45) is 0 Å². The van der Waals surface area contributed by atoms with Crippen LogP contribution in [0, 0.1) is 12.7 Å².